The minimum absolute atomic E-state index is 0.0117. The molecule has 1 unspecified atom stereocenters. The molecule has 0 amide bonds. The van der Waals surface area contributed by atoms with E-state index in [2.05, 4.69) is 9.97 Å². The molecule has 272 valence electrons. The first-order chi connectivity index (χ1) is 26.7. The Bertz CT molecular complexity index is 2450. The number of anilines is 1. The van der Waals surface area contributed by atoms with Crippen LogP contribution in [-0.4, -0.2) is 68.4 Å². The molecule has 3 heterocycles. The average molecular weight is 736 g/mol. The molecule has 2 N–H and O–H groups in total. The van der Waals surface area contributed by atoms with E-state index >= 15 is 0 Å². The predicted octanol–water partition coefficient (Wildman–Crippen LogP) is 4.91. The standard InChI is InChI=1S/C41H29N5O9/c42-21-29-22-46(36-30(29)35(43)44-24-45-36)37-32(53-39(50)27-17-9-3-10-18-27)34(54-40(51)28-19-11-4-12-20-28)41(55-37,23-52-38(49)26-15-7-2-8-16-26)33(48)31(47)25-13-5-1-6-14-25/h1-20,22,24,32,34,37H,23H2,(H2,43,44,45)/t32-,34+,37?,41+/m1/s1. The smallest absolute Gasteiger partial charge is 0.338 e. The molecule has 1 saturated heterocycles. The number of esters is 3. The molecule has 14 heteroatoms. The minimum atomic E-state index is -2.67. The van der Waals surface area contributed by atoms with Crippen LogP contribution in [0.2, 0.25) is 0 Å². The summed E-state index contributed by atoms with van der Waals surface area (Å²) in [6, 6.07) is 32.9. The van der Waals surface area contributed by atoms with E-state index in [1.165, 1.54) is 71.4 Å². The second kappa shape index (κ2) is 15.2. The number of nitrogen functional groups attached to an aromatic ring is 1. The molecule has 0 bridgehead atoms. The molecule has 4 atom stereocenters. The quantitative estimate of drug-likeness (QED) is 0.0814. The molecule has 7 rings (SSSR count). The molecule has 6 aromatic rings. The van der Waals surface area contributed by atoms with Gasteiger partial charge in [0.15, 0.2) is 18.4 Å². The van der Waals surface area contributed by atoms with Crippen LogP contribution in [0.3, 0.4) is 0 Å². The van der Waals surface area contributed by atoms with E-state index in [-0.39, 0.29) is 44.7 Å². The highest BCUT2D eigenvalue weighted by molar-refractivity contribution is 6.46. The third-order valence-corrected chi connectivity index (χ3v) is 8.95. The molecule has 1 aliphatic heterocycles. The van der Waals surface area contributed by atoms with Crippen LogP contribution in [0.15, 0.2) is 134 Å². The molecule has 4 aromatic carbocycles. The van der Waals surface area contributed by atoms with Gasteiger partial charge in [-0.05, 0) is 36.4 Å². The normalized spacial score (nSPS) is 18.9. The number of fused-ring (bicyclic) bond motifs is 1. The lowest BCUT2D eigenvalue weighted by Crippen LogP contribution is -2.58. The first-order valence-electron chi connectivity index (χ1n) is 16.8. The van der Waals surface area contributed by atoms with Crippen molar-refractivity contribution in [3.8, 4) is 6.07 Å². The number of nitrogens with zero attached hydrogens (tertiary/aromatic N) is 4. The maximum Gasteiger partial charge on any atom is 0.338 e. The van der Waals surface area contributed by atoms with Gasteiger partial charge in [0.2, 0.25) is 17.2 Å². The van der Waals surface area contributed by atoms with Gasteiger partial charge >= 0.3 is 17.9 Å². The summed E-state index contributed by atoms with van der Waals surface area (Å²) in [5.41, 5.74) is 3.66. The van der Waals surface area contributed by atoms with Crippen LogP contribution in [-0.2, 0) is 23.7 Å². The zero-order chi connectivity index (χ0) is 38.5. The number of nitriles is 1. The molecule has 14 nitrogen and oxygen atoms in total. The molecule has 2 aromatic heterocycles. The number of aromatic nitrogens is 3. The van der Waals surface area contributed by atoms with Crippen LogP contribution in [0.25, 0.3) is 11.0 Å². The number of benzene rings is 4. The SMILES string of the molecule is N#Cc1cn(C2O[C@@](COC(=O)c3ccccc3)(C(=O)C(=O)c3ccccc3)[C@@H](OC(=O)c3ccccc3)[C@H]2OC(=O)c2ccccc2)c2ncnc(N)c12. The summed E-state index contributed by atoms with van der Waals surface area (Å²) in [4.78, 5) is 78.6. The van der Waals surface area contributed by atoms with Gasteiger partial charge in [-0.25, -0.2) is 24.4 Å². The Labute approximate surface area is 312 Å². The third-order valence-electron chi connectivity index (χ3n) is 8.95. The Hall–Kier alpha value is -7.50. The molecule has 1 fully saturated rings. The summed E-state index contributed by atoms with van der Waals surface area (Å²) in [5, 5.41) is 10.2. The fourth-order valence-corrected chi connectivity index (χ4v) is 6.28. The Morgan fingerprint density at radius 2 is 1.24 bits per heavy atom. The second-order valence-corrected chi connectivity index (χ2v) is 12.3. The summed E-state index contributed by atoms with van der Waals surface area (Å²) < 4.78 is 25.7. The number of carbonyl (C=O) groups excluding carboxylic acids is 5. The van der Waals surface area contributed by atoms with Crippen LogP contribution >= 0.6 is 0 Å². The number of ketones is 2. The number of hydrogen-bond acceptors (Lipinski definition) is 13. The van der Waals surface area contributed by atoms with E-state index in [0.29, 0.717) is 0 Å². The van der Waals surface area contributed by atoms with Crippen LogP contribution in [0.5, 0.6) is 0 Å². The van der Waals surface area contributed by atoms with Gasteiger partial charge in [-0.3, -0.25) is 9.59 Å². The maximum atomic E-state index is 14.9. The minimum Gasteiger partial charge on any atom is -0.458 e. The van der Waals surface area contributed by atoms with Gasteiger partial charge in [0, 0.05) is 11.8 Å². The van der Waals surface area contributed by atoms with Crippen molar-refractivity contribution in [2.75, 3.05) is 12.3 Å². The van der Waals surface area contributed by atoms with Crippen molar-refractivity contribution in [1.82, 2.24) is 14.5 Å². The average Bonchev–Trinajstić information content (AvgIpc) is 3.76. The van der Waals surface area contributed by atoms with Crippen molar-refractivity contribution in [3.05, 3.63) is 162 Å². The molecule has 0 saturated carbocycles. The zero-order valence-electron chi connectivity index (χ0n) is 28.7. The van der Waals surface area contributed by atoms with E-state index in [9.17, 15) is 29.2 Å². The van der Waals surface area contributed by atoms with Gasteiger partial charge in [-0.1, -0.05) is 84.9 Å². The number of carbonyl (C=O) groups is 5. The van der Waals surface area contributed by atoms with E-state index in [0.717, 1.165) is 6.33 Å². The highest BCUT2D eigenvalue weighted by Gasteiger charge is 2.66. The Balaban J connectivity index is 1.45. The van der Waals surface area contributed by atoms with E-state index in [1.54, 1.807) is 60.7 Å². The summed E-state index contributed by atoms with van der Waals surface area (Å²) in [6.07, 6.45) is -2.98. The largest absolute Gasteiger partial charge is 0.458 e. The molecule has 1 aliphatic rings. The van der Waals surface area contributed by atoms with Gasteiger partial charge < -0.3 is 29.2 Å². The van der Waals surface area contributed by atoms with Crippen molar-refractivity contribution in [3.63, 3.8) is 0 Å². The number of ether oxygens (including phenoxy) is 4. The van der Waals surface area contributed by atoms with Crippen molar-refractivity contribution >= 4 is 46.3 Å². The van der Waals surface area contributed by atoms with Crippen molar-refractivity contribution < 1.29 is 42.9 Å². The number of rotatable bonds is 11. The molecule has 0 radical (unpaired) electrons. The van der Waals surface area contributed by atoms with Crippen molar-refractivity contribution in [1.29, 1.82) is 5.26 Å². The fraction of sp³-hybridized carbons (Fsp3) is 0.122. The monoisotopic (exact) mass is 735 g/mol. The summed E-state index contributed by atoms with van der Waals surface area (Å²) in [5.74, 6) is -5.27. The fourth-order valence-electron chi connectivity index (χ4n) is 6.28. The lowest BCUT2D eigenvalue weighted by Gasteiger charge is -2.32. The van der Waals surface area contributed by atoms with Crippen molar-refractivity contribution in [2.24, 2.45) is 0 Å². The topological polar surface area (TPSA) is 203 Å². The lowest BCUT2D eigenvalue weighted by atomic mass is 9.86. The molecular weight excluding hydrogens is 706 g/mol. The Morgan fingerprint density at radius 3 is 1.78 bits per heavy atom. The highest BCUT2D eigenvalue weighted by Crippen LogP contribution is 2.45. The summed E-state index contributed by atoms with van der Waals surface area (Å²) >= 11 is 0. The van der Waals surface area contributed by atoms with E-state index in [4.69, 9.17) is 24.7 Å². The summed E-state index contributed by atoms with van der Waals surface area (Å²) in [7, 11) is 0. The highest BCUT2D eigenvalue weighted by atomic mass is 16.7. The molecule has 0 aliphatic carbocycles. The Kier molecular flexibility index (Phi) is 9.94. The van der Waals surface area contributed by atoms with Crippen LogP contribution < -0.4 is 5.73 Å². The maximum absolute atomic E-state index is 14.9. The molecular formula is C41H29N5O9. The second-order valence-electron chi connectivity index (χ2n) is 12.3. The number of hydrogen-bond donors (Lipinski definition) is 1. The van der Waals surface area contributed by atoms with Gasteiger partial charge in [-0.15, -0.1) is 0 Å². The van der Waals surface area contributed by atoms with Gasteiger partial charge in [0.25, 0.3) is 0 Å². The number of nitrogens with two attached hydrogens (primary N) is 1. The van der Waals surface area contributed by atoms with Gasteiger partial charge in [0.05, 0.1) is 27.6 Å². The lowest BCUT2D eigenvalue weighted by molar-refractivity contribution is -0.160. The van der Waals surface area contributed by atoms with Crippen LogP contribution in [0.1, 0.15) is 53.2 Å². The predicted molar refractivity (Wildman–Crippen MR) is 193 cm³/mol. The van der Waals surface area contributed by atoms with Gasteiger partial charge in [0.1, 0.15) is 30.5 Å². The first kappa shape index (κ1) is 35.9. The first-order valence-corrected chi connectivity index (χ1v) is 16.8. The molecule has 0 spiro atoms. The van der Waals surface area contributed by atoms with E-state index in [1.807, 2.05) is 6.07 Å². The zero-order valence-corrected chi connectivity index (χ0v) is 28.7. The number of Topliss-reactive ketones (excluding diaryl/α,β-unsaturated/α-hetero) is 2. The van der Waals surface area contributed by atoms with Gasteiger partial charge in [-0.2, -0.15) is 5.26 Å². The van der Waals surface area contributed by atoms with Crippen molar-refractivity contribution in [2.45, 2.75) is 24.0 Å². The third kappa shape index (κ3) is 6.90. The van der Waals surface area contributed by atoms with Crippen LogP contribution in [0, 0.1) is 11.3 Å². The summed E-state index contributed by atoms with van der Waals surface area (Å²) in [6.45, 7) is -0.998. The van der Waals surface area contributed by atoms with E-state index < -0.39 is 60.1 Å². The Morgan fingerprint density at radius 1 is 0.727 bits per heavy atom. The molecule has 55 heavy (non-hydrogen) atoms. The van der Waals surface area contributed by atoms with Crippen LogP contribution in [0.4, 0.5) is 5.82 Å².